The second kappa shape index (κ2) is 4.41. The molecule has 1 aliphatic heterocycles. The molecule has 0 spiro atoms. The van der Waals surface area contributed by atoms with E-state index >= 15 is 0 Å². The summed E-state index contributed by atoms with van der Waals surface area (Å²) in [5, 5.41) is 4.76. The summed E-state index contributed by atoms with van der Waals surface area (Å²) in [6.07, 6.45) is 4.25. The van der Waals surface area contributed by atoms with Crippen LogP contribution in [0, 0.1) is 0 Å². The maximum absolute atomic E-state index is 5.63. The van der Waals surface area contributed by atoms with E-state index in [1.54, 1.807) is 0 Å². The van der Waals surface area contributed by atoms with Crippen molar-refractivity contribution in [1.82, 2.24) is 10.3 Å². The third kappa shape index (κ3) is 1.80. The summed E-state index contributed by atoms with van der Waals surface area (Å²) in [7, 11) is 0. The predicted octanol–water partition coefficient (Wildman–Crippen LogP) is 2.25. The molecule has 3 nitrogen and oxygen atoms in total. The van der Waals surface area contributed by atoms with Crippen LogP contribution in [0.25, 0.3) is 10.9 Å². The molecule has 1 aliphatic rings. The fourth-order valence-electron chi connectivity index (χ4n) is 2.60. The number of ether oxygens (including phenoxy) is 1. The van der Waals surface area contributed by atoms with Crippen LogP contribution < -0.4 is 10.1 Å². The Labute approximate surface area is 101 Å². The van der Waals surface area contributed by atoms with Crippen molar-refractivity contribution in [1.29, 1.82) is 0 Å². The van der Waals surface area contributed by atoms with E-state index < -0.39 is 0 Å². The smallest absolute Gasteiger partial charge is 0.123 e. The zero-order chi connectivity index (χ0) is 11.7. The fourth-order valence-corrected chi connectivity index (χ4v) is 2.60. The van der Waals surface area contributed by atoms with Gasteiger partial charge in [-0.05, 0) is 37.2 Å². The Kier molecular flexibility index (Phi) is 2.77. The molecular formula is C14H18N2O. The van der Waals surface area contributed by atoms with Crippen molar-refractivity contribution in [2.75, 3.05) is 19.7 Å². The first-order valence-corrected chi connectivity index (χ1v) is 6.35. The van der Waals surface area contributed by atoms with Crippen LogP contribution in [0.5, 0.6) is 5.75 Å². The highest BCUT2D eigenvalue weighted by Gasteiger charge is 2.17. The number of hydrogen-bond acceptors (Lipinski definition) is 2. The number of benzene rings is 1. The van der Waals surface area contributed by atoms with E-state index in [0.717, 1.165) is 38.3 Å². The van der Waals surface area contributed by atoms with Crippen molar-refractivity contribution in [2.24, 2.45) is 0 Å². The first-order chi connectivity index (χ1) is 8.40. The Balaban J connectivity index is 1.99. The molecule has 0 atom stereocenters. The largest absolute Gasteiger partial charge is 0.493 e. The fraction of sp³-hybridized carbons (Fsp3) is 0.429. The van der Waals surface area contributed by atoms with Crippen LogP contribution in [-0.2, 0) is 12.8 Å². The second-order valence-corrected chi connectivity index (χ2v) is 4.48. The number of rotatable bonds is 4. The van der Waals surface area contributed by atoms with Crippen molar-refractivity contribution in [3.05, 3.63) is 29.5 Å². The molecule has 2 heterocycles. The standard InChI is InChI=1S/C14H18N2O/c1-2-15-7-5-10-9-16-12-3-4-13-11(14(10)12)6-8-17-13/h3-4,9,15-16H,2,5-8H2,1H3. The first-order valence-electron chi connectivity index (χ1n) is 6.35. The van der Waals surface area contributed by atoms with Crippen molar-refractivity contribution >= 4 is 10.9 Å². The lowest BCUT2D eigenvalue weighted by Gasteiger charge is -2.04. The van der Waals surface area contributed by atoms with Crippen molar-refractivity contribution < 1.29 is 4.74 Å². The number of nitrogens with one attached hydrogen (secondary N) is 2. The third-order valence-electron chi connectivity index (χ3n) is 3.42. The van der Waals surface area contributed by atoms with E-state index in [-0.39, 0.29) is 0 Å². The van der Waals surface area contributed by atoms with Gasteiger partial charge in [-0.25, -0.2) is 0 Å². The van der Waals surface area contributed by atoms with Crippen LogP contribution >= 0.6 is 0 Å². The van der Waals surface area contributed by atoms with Crippen molar-refractivity contribution in [3.63, 3.8) is 0 Å². The molecule has 0 amide bonds. The minimum Gasteiger partial charge on any atom is -0.493 e. The highest BCUT2D eigenvalue weighted by molar-refractivity contribution is 5.89. The van der Waals surface area contributed by atoms with Gasteiger partial charge in [0.1, 0.15) is 5.75 Å². The molecule has 0 unspecified atom stereocenters. The average Bonchev–Trinajstić information content (AvgIpc) is 2.94. The zero-order valence-electron chi connectivity index (χ0n) is 10.2. The van der Waals surface area contributed by atoms with Gasteiger partial charge in [0.2, 0.25) is 0 Å². The van der Waals surface area contributed by atoms with Gasteiger partial charge in [0, 0.05) is 29.1 Å². The first kappa shape index (κ1) is 10.7. The summed E-state index contributed by atoms with van der Waals surface area (Å²) < 4.78 is 5.63. The summed E-state index contributed by atoms with van der Waals surface area (Å²) >= 11 is 0. The molecule has 1 aromatic carbocycles. The normalized spacial score (nSPS) is 13.9. The van der Waals surface area contributed by atoms with Gasteiger partial charge in [0.05, 0.1) is 6.61 Å². The van der Waals surface area contributed by atoms with Gasteiger partial charge in [-0.3, -0.25) is 0 Å². The van der Waals surface area contributed by atoms with Crippen LogP contribution in [0.4, 0.5) is 0 Å². The quantitative estimate of drug-likeness (QED) is 0.790. The molecule has 0 bridgehead atoms. The summed E-state index contributed by atoms with van der Waals surface area (Å²) in [4.78, 5) is 3.36. The molecular weight excluding hydrogens is 212 g/mol. The lowest BCUT2D eigenvalue weighted by molar-refractivity contribution is 0.357. The third-order valence-corrected chi connectivity index (χ3v) is 3.42. The maximum Gasteiger partial charge on any atom is 0.123 e. The van der Waals surface area contributed by atoms with Crippen LogP contribution in [-0.4, -0.2) is 24.7 Å². The number of aromatic nitrogens is 1. The molecule has 0 aliphatic carbocycles. The Morgan fingerprint density at radius 2 is 2.35 bits per heavy atom. The van der Waals surface area contributed by atoms with Crippen molar-refractivity contribution in [3.8, 4) is 5.75 Å². The maximum atomic E-state index is 5.63. The number of fused-ring (bicyclic) bond motifs is 3. The molecule has 90 valence electrons. The average molecular weight is 230 g/mol. The van der Waals surface area contributed by atoms with Crippen LogP contribution in [0.1, 0.15) is 18.1 Å². The summed E-state index contributed by atoms with van der Waals surface area (Å²) in [6, 6.07) is 4.20. The minimum absolute atomic E-state index is 0.826. The van der Waals surface area contributed by atoms with Crippen LogP contribution in [0.15, 0.2) is 18.3 Å². The number of likely N-dealkylation sites (N-methyl/N-ethyl adjacent to an activating group) is 1. The van der Waals surface area contributed by atoms with Crippen LogP contribution in [0.2, 0.25) is 0 Å². The summed E-state index contributed by atoms with van der Waals surface area (Å²) in [5.41, 5.74) is 4.03. The Morgan fingerprint density at radius 3 is 3.24 bits per heavy atom. The Morgan fingerprint density at radius 1 is 1.41 bits per heavy atom. The van der Waals surface area contributed by atoms with Gasteiger partial charge in [-0.2, -0.15) is 0 Å². The van der Waals surface area contributed by atoms with E-state index in [0.29, 0.717) is 0 Å². The SMILES string of the molecule is CCNCCc1c[nH]c2ccc3c(c12)CCO3. The molecule has 0 saturated carbocycles. The highest BCUT2D eigenvalue weighted by atomic mass is 16.5. The minimum atomic E-state index is 0.826. The van der Waals surface area contributed by atoms with Crippen molar-refractivity contribution in [2.45, 2.75) is 19.8 Å². The molecule has 0 saturated heterocycles. The molecule has 0 radical (unpaired) electrons. The molecule has 0 fully saturated rings. The van der Waals surface area contributed by atoms with Gasteiger partial charge >= 0.3 is 0 Å². The highest BCUT2D eigenvalue weighted by Crippen LogP contribution is 2.34. The molecule has 2 aromatic rings. The van der Waals surface area contributed by atoms with E-state index in [4.69, 9.17) is 4.74 Å². The lowest BCUT2D eigenvalue weighted by Crippen LogP contribution is -2.15. The molecule has 3 heteroatoms. The van der Waals surface area contributed by atoms with Gasteiger partial charge < -0.3 is 15.0 Å². The summed E-state index contributed by atoms with van der Waals surface area (Å²) in [5.74, 6) is 1.07. The van der Waals surface area contributed by atoms with E-state index in [9.17, 15) is 0 Å². The van der Waals surface area contributed by atoms with Gasteiger partial charge in [0.15, 0.2) is 0 Å². The summed E-state index contributed by atoms with van der Waals surface area (Å²) in [6.45, 7) is 5.03. The zero-order valence-corrected chi connectivity index (χ0v) is 10.2. The Hall–Kier alpha value is -1.48. The van der Waals surface area contributed by atoms with Gasteiger partial charge in [-0.15, -0.1) is 0 Å². The number of aromatic amines is 1. The molecule has 3 rings (SSSR count). The molecule has 2 N–H and O–H groups in total. The molecule has 17 heavy (non-hydrogen) atoms. The lowest BCUT2D eigenvalue weighted by atomic mass is 10.0. The second-order valence-electron chi connectivity index (χ2n) is 4.48. The monoisotopic (exact) mass is 230 g/mol. The van der Waals surface area contributed by atoms with Gasteiger partial charge in [0.25, 0.3) is 0 Å². The van der Waals surface area contributed by atoms with Gasteiger partial charge in [-0.1, -0.05) is 6.92 Å². The topological polar surface area (TPSA) is 37.0 Å². The number of hydrogen-bond donors (Lipinski definition) is 2. The molecule has 1 aromatic heterocycles. The Bertz CT molecular complexity index is 530. The van der Waals surface area contributed by atoms with Crippen LogP contribution in [0.3, 0.4) is 0 Å². The number of H-pyrrole nitrogens is 1. The van der Waals surface area contributed by atoms with E-state index in [1.165, 1.54) is 22.0 Å². The predicted molar refractivity (Wildman–Crippen MR) is 69.7 cm³/mol. The van der Waals surface area contributed by atoms with E-state index in [1.807, 2.05) is 0 Å². The van der Waals surface area contributed by atoms with E-state index in [2.05, 4.69) is 35.6 Å².